The van der Waals surface area contributed by atoms with Crippen molar-refractivity contribution in [1.82, 2.24) is 9.78 Å². The van der Waals surface area contributed by atoms with E-state index in [4.69, 9.17) is 4.74 Å². The van der Waals surface area contributed by atoms with E-state index < -0.39 is 11.7 Å². The molecule has 2 rings (SSSR count). The van der Waals surface area contributed by atoms with Crippen molar-refractivity contribution in [3.8, 4) is 11.8 Å². The van der Waals surface area contributed by atoms with E-state index in [1.165, 1.54) is 0 Å². The highest BCUT2D eigenvalue weighted by Gasteiger charge is 2.17. The number of carbonyl (C=O) groups excluding carboxylic acids is 1. The molecule has 112 valence electrons. The number of benzene rings is 1. The molecule has 0 bridgehead atoms. The van der Waals surface area contributed by atoms with Gasteiger partial charge in [-0.05, 0) is 26.0 Å². The lowest BCUT2D eigenvalue weighted by Crippen LogP contribution is -2.28. The van der Waals surface area contributed by atoms with Gasteiger partial charge in [0.1, 0.15) is 11.6 Å². The summed E-state index contributed by atoms with van der Waals surface area (Å²) >= 11 is 0. The lowest BCUT2D eigenvalue weighted by Gasteiger charge is -2.12. The van der Waals surface area contributed by atoms with Crippen LogP contribution in [-0.4, -0.2) is 22.5 Å². The Morgan fingerprint density at radius 2 is 2.09 bits per heavy atom. The maximum absolute atomic E-state index is 12.3. The zero-order valence-corrected chi connectivity index (χ0v) is 12.2. The summed E-state index contributed by atoms with van der Waals surface area (Å²) < 4.78 is 5.87. The highest BCUT2D eigenvalue weighted by Crippen LogP contribution is 2.14. The molecule has 0 atom stereocenters. The lowest BCUT2D eigenvalue weighted by molar-refractivity contribution is 0.167. The van der Waals surface area contributed by atoms with E-state index in [0.29, 0.717) is 11.3 Å². The number of carbonyl (C=O) groups is 1. The van der Waals surface area contributed by atoms with Crippen LogP contribution in [0.25, 0.3) is 5.69 Å². The van der Waals surface area contributed by atoms with Gasteiger partial charge in [-0.1, -0.05) is 18.2 Å². The molecule has 7 heteroatoms. The second kappa shape index (κ2) is 6.54. The molecule has 1 N–H and O–H groups in total. The van der Waals surface area contributed by atoms with Crippen molar-refractivity contribution in [2.75, 3.05) is 11.9 Å². The number of rotatable bonds is 3. The molecular weight excluding hydrogens is 284 g/mol. The maximum atomic E-state index is 12.3. The van der Waals surface area contributed by atoms with Gasteiger partial charge in [-0.15, -0.1) is 5.10 Å². The number of nitrogens with zero attached hydrogens (tertiary/aromatic N) is 3. The Kier molecular flexibility index (Phi) is 4.53. The van der Waals surface area contributed by atoms with Crippen LogP contribution in [0.5, 0.6) is 0 Å². The van der Waals surface area contributed by atoms with Crippen LogP contribution in [0.4, 0.5) is 10.6 Å². The summed E-state index contributed by atoms with van der Waals surface area (Å²) in [7, 11) is 0. The molecular formula is C15H14N4O3. The molecule has 1 heterocycles. The minimum atomic E-state index is -0.694. The van der Waals surface area contributed by atoms with Crippen LogP contribution < -0.4 is 10.9 Å². The van der Waals surface area contributed by atoms with Crippen molar-refractivity contribution in [3.63, 3.8) is 0 Å². The topological polar surface area (TPSA) is 97.0 Å². The largest absolute Gasteiger partial charge is 0.450 e. The normalized spacial score (nSPS) is 9.86. The van der Waals surface area contributed by atoms with Gasteiger partial charge in [-0.2, -0.15) is 9.94 Å². The first-order valence-corrected chi connectivity index (χ1v) is 6.61. The summed E-state index contributed by atoms with van der Waals surface area (Å²) in [5, 5.41) is 15.8. The Morgan fingerprint density at radius 3 is 2.68 bits per heavy atom. The van der Waals surface area contributed by atoms with Gasteiger partial charge in [0.05, 0.1) is 12.3 Å². The maximum Gasteiger partial charge on any atom is 0.412 e. The van der Waals surface area contributed by atoms with Gasteiger partial charge in [-0.25, -0.2) is 4.79 Å². The monoisotopic (exact) mass is 298 g/mol. The number of nitriles is 1. The third kappa shape index (κ3) is 2.96. The molecule has 0 aliphatic rings. The van der Waals surface area contributed by atoms with Crippen molar-refractivity contribution in [3.05, 3.63) is 51.8 Å². The number of aromatic nitrogens is 2. The van der Waals surface area contributed by atoms with Crippen LogP contribution in [0.3, 0.4) is 0 Å². The van der Waals surface area contributed by atoms with Gasteiger partial charge >= 0.3 is 6.09 Å². The molecule has 0 radical (unpaired) electrons. The predicted molar refractivity (Wildman–Crippen MR) is 79.9 cm³/mol. The first-order valence-electron chi connectivity index (χ1n) is 6.61. The predicted octanol–water partition coefficient (Wildman–Crippen LogP) is 1.98. The Hall–Kier alpha value is -3.14. The summed E-state index contributed by atoms with van der Waals surface area (Å²) in [5.41, 5.74) is 0.176. The Bertz CT molecular complexity index is 791. The second-order valence-electron chi connectivity index (χ2n) is 4.36. The number of ether oxygens (including phenoxy) is 1. The van der Waals surface area contributed by atoms with Crippen LogP contribution in [0.2, 0.25) is 0 Å². The minimum absolute atomic E-state index is 0.0781. The van der Waals surface area contributed by atoms with Crippen molar-refractivity contribution in [1.29, 1.82) is 5.26 Å². The van der Waals surface area contributed by atoms with E-state index in [0.717, 1.165) is 4.68 Å². The summed E-state index contributed by atoms with van der Waals surface area (Å²) in [6.45, 7) is 3.42. The van der Waals surface area contributed by atoms with Gasteiger partial charge < -0.3 is 4.74 Å². The van der Waals surface area contributed by atoms with E-state index in [2.05, 4.69) is 10.4 Å². The van der Waals surface area contributed by atoms with Crippen LogP contribution in [-0.2, 0) is 4.74 Å². The fourth-order valence-corrected chi connectivity index (χ4v) is 1.86. The Morgan fingerprint density at radius 1 is 1.41 bits per heavy atom. The van der Waals surface area contributed by atoms with E-state index in [1.807, 2.05) is 6.07 Å². The van der Waals surface area contributed by atoms with E-state index in [-0.39, 0.29) is 18.0 Å². The molecule has 2 aromatic rings. The van der Waals surface area contributed by atoms with Crippen LogP contribution in [0.15, 0.2) is 35.1 Å². The SMILES string of the molecule is CCOC(=O)Nc1nn(-c2ccccc2)c(=O)c(C#N)c1C. The molecule has 7 nitrogen and oxygen atoms in total. The van der Waals surface area contributed by atoms with E-state index in [9.17, 15) is 14.9 Å². The number of amides is 1. The Labute approximate surface area is 126 Å². The van der Waals surface area contributed by atoms with Gasteiger partial charge in [0.25, 0.3) is 5.56 Å². The van der Waals surface area contributed by atoms with Crippen LogP contribution >= 0.6 is 0 Å². The molecule has 0 saturated carbocycles. The van der Waals surface area contributed by atoms with E-state index in [1.54, 1.807) is 44.2 Å². The molecule has 1 amide bonds. The number of para-hydroxylation sites is 1. The van der Waals surface area contributed by atoms with Crippen molar-refractivity contribution >= 4 is 11.9 Å². The molecule has 0 aliphatic heterocycles. The number of hydrogen-bond donors (Lipinski definition) is 1. The van der Waals surface area contributed by atoms with Crippen LogP contribution in [0, 0.1) is 18.3 Å². The average Bonchev–Trinajstić information content (AvgIpc) is 2.52. The fraction of sp³-hybridized carbons (Fsp3) is 0.200. The molecule has 0 unspecified atom stereocenters. The highest BCUT2D eigenvalue weighted by atomic mass is 16.5. The van der Waals surface area contributed by atoms with Crippen molar-refractivity contribution in [2.45, 2.75) is 13.8 Å². The lowest BCUT2D eigenvalue weighted by atomic mass is 10.2. The van der Waals surface area contributed by atoms with Crippen molar-refractivity contribution < 1.29 is 9.53 Å². The molecule has 0 fully saturated rings. The first kappa shape index (κ1) is 15.3. The summed E-state index contributed by atoms with van der Waals surface area (Å²) in [6.07, 6.45) is -0.694. The highest BCUT2D eigenvalue weighted by molar-refractivity contribution is 5.84. The first-order chi connectivity index (χ1) is 10.6. The number of anilines is 1. The molecule has 0 aliphatic carbocycles. The fourth-order valence-electron chi connectivity index (χ4n) is 1.86. The molecule has 22 heavy (non-hydrogen) atoms. The number of nitrogens with one attached hydrogen (secondary N) is 1. The molecule has 0 spiro atoms. The Balaban J connectivity index is 2.59. The summed E-state index contributed by atoms with van der Waals surface area (Å²) in [4.78, 5) is 23.9. The zero-order valence-electron chi connectivity index (χ0n) is 12.2. The molecule has 1 aromatic heterocycles. The molecule has 0 saturated heterocycles. The third-order valence-electron chi connectivity index (χ3n) is 2.94. The third-order valence-corrected chi connectivity index (χ3v) is 2.94. The van der Waals surface area contributed by atoms with E-state index >= 15 is 0 Å². The van der Waals surface area contributed by atoms with Gasteiger partial charge in [0.15, 0.2) is 5.82 Å². The standard InChI is InChI=1S/C15H14N4O3/c1-3-22-15(21)17-13-10(2)12(9-16)14(20)19(18-13)11-7-5-4-6-8-11/h4-8H,3H2,1-2H3,(H,17,18,21). The minimum Gasteiger partial charge on any atom is -0.450 e. The van der Waals surface area contributed by atoms with Gasteiger partial charge in [-0.3, -0.25) is 10.1 Å². The zero-order chi connectivity index (χ0) is 16.1. The smallest absolute Gasteiger partial charge is 0.412 e. The summed E-state index contributed by atoms with van der Waals surface area (Å²) in [6, 6.07) is 10.5. The average molecular weight is 298 g/mol. The second-order valence-corrected chi connectivity index (χ2v) is 4.36. The number of hydrogen-bond acceptors (Lipinski definition) is 5. The van der Waals surface area contributed by atoms with Gasteiger partial charge in [0.2, 0.25) is 0 Å². The van der Waals surface area contributed by atoms with Crippen LogP contribution in [0.1, 0.15) is 18.1 Å². The quantitative estimate of drug-likeness (QED) is 0.934. The summed E-state index contributed by atoms with van der Waals surface area (Å²) in [5.74, 6) is 0.110. The van der Waals surface area contributed by atoms with Gasteiger partial charge in [0, 0.05) is 5.56 Å². The van der Waals surface area contributed by atoms with Crippen molar-refractivity contribution in [2.24, 2.45) is 0 Å². The molecule has 1 aromatic carbocycles.